The van der Waals surface area contributed by atoms with Crippen LogP contribution in [0.3, 0.4) is 0 Å². The minimum Gasteiger partial charge on any atom is -0.496 e. The van der Waals surface area contributed by atoms with Crippen LogP contribution in [0, 0.1) is 6.92 Å². The number of nitrogens with two attached hydrogens (primary N) is 1. The Morgan fingerprint density at radius 1 is 1.29 bits per heavy atom. The Balaban J connectivity index is 2.28. The summed E-state index contributed by atoms with van der Waals surface area (Å²) >= 11 is 0. The molecule has 4 heteroatoms. The molecule has 0 unspecified atom stereocenters. The molecule has 90 valence electrons. The molecule has 17 heavy (non-hydrogen) atoms. The van der Waals surface area contributed by atoms with E-state index in [1.165, 1.54) is 0 Å². The second-order valence-electron chi connectivity index (χ2n) is 3.93. The molecule has 0 fully saturated rings. The molecule has 4 nitrogen and oxygen atoms in total. The smallest absolute Gasteiger partial charge is 0.123 e. The average molecular weight is 231 g/mol. The van der Waals surface area contributed by atoms with Crippen molar-refractivity contribution in [2.24, 2.45) is 5.73 Å². The van der Waals surface area contributed by atoms with E-state index in [1.807, 2.05) is 42.1 Å². The van der Waals surface area contributed by atoms with Gasteiger partial charge in [-0.15, -0.1) is 0 Å². The zero-order valence-corrected chi connectivity index (χ0v) is 10.2. The first kappa shape index (κ1) is 11.7. The minimum atomic E-state index is 0.526. The Labute approximate surface area is 101 Å². The van der Waals surface area contributed by atoms with Crippen LogP contribution < -0.4 is 10.5 Å². The van der Waals surface area contributed by atoms with E-state index < -0.39 is 0 Å². The third-order valence-corrected chi connectivity index (χ3v) is 2.94. The number of methoxy groups -OCH3 is 1. The van der Waals surface area contributed by atoms with Gasteiger partial charge in [0.2, 0.25) is 0 Å². The van der Waals surface area contributed by atoms with E-state index in [0.29, 0.717) is 13.1 Å². The first-order valence-electron chi connectivity index (χ1n) is 5.59. The molecule has 0 aliphatic heterocycles. The predicted molar refractivity (Wildman–Crippen MR) is 67.0 cm³/mol. The molecule has 0 saturated heterocycles. The van der Waals surface area contributed by atoms with Crippen molar-refractivity contribution in [3.05, 3.63) is 47.3 Å². The molecule has 1 aromatic heterocycles. The number of benzene rings is 1. The summed E-state index contributed by atoms with van der Waals surface area (Å²) in [7, 11) is 1.68. The van der Waals surface area contributed by atoms with Crippen LogP contribution in [-0.4, -0.2) is 16.9 Å². The van der Waals surface area contributed by atoms with E-state index >= 15 is 0 Å². The van der Waals surface area contributed by atoms with Gasteiger partial charge in [-0.05, 0) is 13.0 Å². The van der Waals surface area contributed by atoms with E-state index in [1.54, 1.807) is 7.11 Å². The summed E-state index contributed by atoms with van der Waals surface area (Å²) in [6.45, 7) is 3.26. The van der Waals surface area contributed by atoms with Crippen molar-refractivity contribution >= 4 is 0 Å². The normalized spacial score (nSPS) is 10.5. The van der Waals surface area contributed by atoms with Gasteiger partial charge in [0.1, 0.15) is 5.75 Å². The summed E-state index contributed by atoms with van der Waals surface area (Å²) in [5.41, 5.74) is 8.94. The molecule has 0 amide bonds. The average Bonchev–Trinajstić information content (AvgIpc) is 2.71. The Kier molecular flexibility index (Phi) is 3.44. The van der Waals surface area contributed by atoms with Crippen molar-refractivity contribution in [3.8, 4) is 5.75 Å². The zero-order valence-electron chi connectivity index (χ0n) is 10.2. The molecule has 0 atom stereocenters. The van der Waals surface area contributed by atoms with Crippen molar-refractivity contribution in [3.63, 3.8) is 0 Å². The second-order valence-corrected chi connectivity index (χ2v) is 3.93. The monoisotopic (exact) mass is 231 g/mol. The van der Waals surface area contributed by atoms with E-state index in [-0.39, 0.29) is 0 Å². The molecule has 0 radical (unpaired) electrons. The topological polar surface area (TPSA) is 53.1 Å². The fourth-order valence-electron chi connectivity index (χ4n) is 1.84. The van der Waals surface area contributed by atoms with Crippen LogP contribution in [-0.2, 0) is 13.1 Å². The summed E-state index contributed by atoms with van der Waals surface area (Å²) in [6.07, 6.45) is 1.82. The Morgan fingerprint density at radius 3 is 2.71 bits per heavy atom. The Bertz CT molecular complexity index is 505. The molecule has 2 N–H and O–H groups in total. The summed E-state index contributed by atoms with van der Waals surface area (Å²) < 4.78 is 7.27. The molecule has 0 aliphatic carbocycles. The van der Waals surface area contributed by atoms with Gasteiger partial charge in [-0.25, -0.2) is 0 Å². The number of aromatic nitrogens is 2. The molecule has 0 bridgehead atoms. The van der Waals surface area contributed by atoms with Crippen LogP contribution in [0.4, 0.5) is 0 Å². The van der Waals surface area contributed by atoms with Gasteiger partial charge in [0, 0.05) is 23.4 Å². The molecule has 1 heterocycles. The van der Waals surface area contributed by atoms with Gasteiger partial charge in [-0.1, -0.05) is 18.2 Å². The van der Waals surface area contributed by atoms with Crippen molar-refractivity contribution in [2.75, 3.05) is 7.11 Å². The number of para-hydroxylation sites is 1. The molecule has 0 spiro atoms. The number of ether oxygens (including phenoxy) is 1. The number of nitrogens with zero attached hydrogens (tertiary/aromatic N) is 2. The third-order valence-electron chi connectivity index (χ3n) is 2.94. The maximum atomic E-state index is 5.64. The summed E-state index contributed by atoms with van der Waals surface area (Å²) in [5, 5.41) is 4.34. The van der Waals surface area contributed by atoms with Crippen molar-refractivity contribution in [1.29, 1.82) is 0 Å². The van der Waals surface area contributed by atoms with Gasteiger partial charge in [0.25, 0.3) is 0 Å². The van der Waals surface area contributed by atoms with Gasteiger partial charge in [0.15, 0.2) is 0 Å². The lowest BCUT2D eigenvalue weighted by Gasteiger charge is -2.09. The SMILES string of the molecule is COc1ccccc1Cn1ncc(CN)c1C. The van der Waals surface area contributed by atoms with Crippen LogP contribution in [0.1, 0.15) is 16.8 Å². The van der Waals surface area contributed by atoms with E-state index in [2.05, 4.69) is 5.10 Å². The number of hydrogen-bond acceptors (Lipinski definition) is 3. The van der Waals surface area contributed by atoms with Crippen LogP contribution in [0.15, 0.2) is 30.5 Å². The van der Waals surface area contributed by atoms with Gasteiger partial charge in [-0.3, -0.25) is 4.68 Å². The van der Waals surface area contributed by atoms with Crippen molar-refractivity contribution in [2.45, 2.75) is 20.0 Å². The number of rotatable bonds is 4. The third kappa shape index (κ3) is 2.31. The van der Waals surface area contributed by atoms with Gasteiger partial charge in [0.05, 0.1) is 19.9 Å². The lowest BCUT2D eigenvalue weighted by atomic mass is 10.2. The standard InChI is InChI=1S/C13H17N3O/c1-10-12(7-14)8-15-16(10)9-11-5-3-4-6-13(11)17-2/h3-6,8H,7,9,14H2,1-2H3. The Hall–Kier alpha value is -1.81. The highest BCUT2D eigenvalue weighted by Gasteiger charge is 2.07. The lowest BCUT2D eigenvalue weighted by Crippen LogP contribution is -2.06. The summed E-state index contributed by atoms with van der Waals surface area (Å²) in [4.78, 5) is 0. The molecular weight excluding hydrogens is 214 g/mol. The first-order chi connectivity index (χ1) is 8.26. The molecule has 0 saturated carbocycles. The first-order valence-corrected chi connectivity index (χ1v) is 5.59. The van der Waals surface area contributed by atoms with Crippen LogP contribution in [0.5, 0.6) is 5.75 Å². The highest BCUT2D eigenvalue weighted by atomic mass is 16.5. The van der Waals surface area contributed by atoms with Crippen LogP contribution in [0.25, 0.3) is 0 Å². The summed E-state index contributed by atoms with van der Waals surface area (Å²) in [5.74, 6) is 0.886. The van der Waals surface area contributed by atoms with Crippen LogP contribution in [0.2, 0.25) is 0 Å². The quantitative estimate of drug-likeness (QED) is 0.871. The largest absolute Gasteiger partial charge is 0.496 e. The van der Waals surface area contributed by atoms with Crippen LogP contribution >= 0.6 is 0 Å². The van der Waals surface area contributed by atoms with Gasteiger partial charge < -0.3 is 10.5 Å². The zero-order chi connectivity index (χ0) is 12.3. The highest BCUT2D eigenvalue weighted by molar-refractivity contribution is 5.33. The fourth-order valence-corrected chi connectivity index (χ4v) is 1.84. The van der Waals surface area contributed by atoms with E-state index in [9.17, 15) is 0 Å². The van der Waals surface area contributed by atoms with Gasteiger partial charge >= 0.3 is 0 Å². The van der Waals surface area contributed by atoms with Gasteiger partial charge in [-0.2, -0.15) is 5.10 Å². The molecular formula is C13H17N3O. The minimum absolute atomic E-state index is 0.526. The second kappa shape index (κ2) is 5.01. The maximum Gasteiger partial charge on any atom is 0.123 e. The summed E-state index contributed by atoms with van der Waals surface area (Å²) in [6, 6.07) is 7.96. The lowest BCUT2D eigenvalue weighted by molar-refractivity contribution is 0.407. The predicted octanol–water partition coefficient (Wildman–Crippen LogP) is 1.71. The van der Waals surface area contributed by atoms with E-state index in [4.69, 9.17) is 10.5 Å². The number of hydrogen-bond donors (Lipinski definition) is 1. The van der Waals surface area contributed by atoms with Crippen molar-refractivity contribution < 1.29 is 4.74 Å². The van der Waals surface area contributed by atoms with E-state index in [0.717, 1.165) is 22.6 Å². The fraction of sp³-hybridized carbons (Fsp3) is 0.308. The molecule has 1 aromatic carbocycles. The Morgan fingerprint density at radius 2 is 2.06 bits per heavy atom. The highest BCUT2D eigenvalue weighted by Crippen LogP contribution is 2.19. The molecule has 0 aliphatic rings. The molecule has 2 aromatic rings. The maximum absolute atomic E-state index is 5.64. The molecule has 2 rings (SSSR count). The van der Waals surface area contributed by atoms with Crippen molar-refractivity contribution in [1.82, 2.24) is 9.78 Å².